The van der Waals surface area contributed by atoms with Crippen molar-refractivity contribution < 1.29 is 18.3 Å². The predicted molar refractivity (Wildman–Crippen MR) is 124 cm³/mol. The normalized spacial score (nSPS) is 14.7. The zero-order valence-corrected chi connectivity index (χ0v) is 18.5. The molecule has 1 fully saturated rings. The Morgan fingerprint density at radius 3 is 2.76 bits per heavy atom. The summed E-state index contributed by atoms with van der Waals surface area (Å²) in [6, 6.07) is 12.2. The van der Waals surface area contributed by atoms with Crippen molar-refractivity contribution in [3.05, 3.63) is 72.1 Å². The molecule has 170 valence electrons. The number of aryl methyl sites for hydroxylation is 1. The highest BCUT2D eigenvalue weighted by Gasteiger charge is 2.25. The lowest BCUT2D eigenvalue weighted by Gasteiger charge is -2.32. The van der Waals surface area contributed by atoms with Gasteiger partial charge in [-0.3, -0.25) is 4.79 Å². The van der Waals surface area contributed by atoms with Crippen LogP contribution in [0, 0.1) is 5.82 Å². The second-order valence-electron chi connectivity index (χ2n) is 8.44. The molecule has 0 bridgehead atoms. The number of hydrogen-bond donors (Lipinski definition) is 1. The van der Waals surface area contributed by atoms with Gasteiger partial charge in [-0.2, -0.15) is 0 Å². The Labute approximate surface area is 191 Å². The number of carbonyl (C=O) groups excluding carboxylic acids is 1. The molecule has 4 aromatic rings. The molecule has 0 spiro atoms. The molecule has 6 nitrogen and oxygen atoms in total. The van der Waals surface area contributed by atoms with Crippen molar-refractivity contribution >= 4 is 16.8 Å². The molecule has 0 saturated carbocycles. The number of aromatic nitrogens is 2. The van der Waals surface area contributed by atoms with E-state index in [0.29, 0.717) is 30.4 Å². The van der Waals surface area contributed by atoms with Crippen LogP contribution in [0.3, 0.4) is 0 Å². The molecule has 1 saturated heterocycles. The lowest BCUT2D eigenvalue weighted by Crippen LogP contribution is -2.38. The van der Waals surface area contributed by atoms with Gasteiger partial charge in [-0.1, -0.05) is 0 Å². The van der Waals surface area contributed by atoms with Crippen molar-refractivity contribution in [1.82, 2.24) is 14.9 Å². The van der Waals surface area contributed by atoms with E-state index in [1.807, 2.05) is 17.0 Å². The number of nitrogens with one attached hydrogen (secondary N) is 1. The number of hydrogen-bond acceptors (Lipinski definition) is 4. The van der Waals surface area contributed by atoms with Crippen LogP contribution in [-0.4, -0.2) is 41.0 Å². The highest BCUT2D eigenvalue weighted by molar-refractivity contribution is 5.85. The summed E-state index contributed by atoms with van der Waals surface area (Å²) in [6.07, 6.45) is 6.38. The summed E-state index contributed by atoms with van der Waals surface area (Å²) in [5, 5.41) is 1.19. The number of fused-ring (bicyclic) bond motifs is 1. The number of aromatic amines is 1. The maximum atomic E-state index is 13.1. The summed E-state index contributed by atoms with van der Waals surface area (Å²) in [7, 11) is 1.68. The van der Waals surface area contributed by atoms with Crippen LogP contribution in [0.15, 0.2) is 59.3 Å². The fourth-order valence-electron chi connectivity index (χ4n) is 4.57. The Kier molecular flexibility index (Phi) is 5.86. The number of halogens is 1. The van der Waals surface area contributed by atoms with Gasteiger partial charge in [0.05, 0.1) is 13.3 Å². The molecule has 1 N–H and O–H groups in total. The molecule has 0 aliphatic carbocycles. The van der Waals surface area contributed by atoms with E-state index in [-0.39, 0.29) is 11.7 Å². The van der Waals surface area contributed by atoms with Crippen molar-refractivity contribution in [3.63, 3.8) is 0 Å². The second kappa shape index (κ2) is 9.10. The third kappa shape index (κ3) is 4.49. The third-order valence-corrected chi connectivity index (χ3v) is 6.44. The van der Waals surface area contributed by atoms with Crippen molar-refractivity contribution in [2.75, 3.05) is 20.2 Å². The van der Waals surface area contributed by atoms with E-state index in [9.17, 15) is 9.18 Å². The third-order valence-electron chi connectivity index (χ3n) is 6.44. The largest absolute Gasteiger partial charge is 0.497 e. The molecular weight excluding hydrogens is 421 g/mol. The molecule has 2 aromatic carbocycles. The van der Waals surface area contributed by atoms with E-state index in [1.54, 1.807) is 25.4 Å². The van der Waals surface area contributed by atoms with E-state index in [0.717, 1.165) is 42.8 Å². The summed E-state index contributed by atoms with van der Waals surface area (Å²) < 4.78 is 24.2. The predicted octanol–water partition coefficient (Wildman–Crippen LogP) is 5.31. The minimum atomic E-state index is -0.294. The first-order chi connectivity index (χ1) is 16.1. The number of piperidine rings is 1. The Bertz CT molecular complexity index is 1250. The van der Waals surface area contributed by atoms with Gasteiger partial charge < -0.3 is 19.0 Å². The molecular formula is C26H26FN3O3. The second-order valence-corrected chi connectivity index (χ2v) is 8.44. The fourth-order valence-corrected chi connectivity index (χ4v) is 4.57. The molecule has 7 heteroatoms. The monoisotopic (exact) mass is 447 g/mol. The van der Waals surface area contributed by atoms with Gasteiger partial charge in [0.1, 0.15) is 11.6 Å². The number of methoxy groups -OCH3 is 1. The van der Waals surface area contributed by atoms with E-state index in [1.165, 1.54) is 23.1 Å². The smallest absolute Gasteiger partial charge is 0.223 e. The van der Waals surface area contributed by atoms with Crippen LogP contribution in [0.1, 0.15) is 36.6 Å². The standard InChI is InChI=1S/C26H26FN3O3/c1-32-20-6-7-23-21(14-20)22(15-28-23)17-10-12-30(13-11-17)26(31)9-8-25-29-16-24(33-25)18-2-4-19(27)5-3-18/h2-7,14-17,28H,8-13H2,1H3. The number of benzene rings is 2. The van der Waals surface area contributed by atoms with Crippen LogP contribution in [0.4, 0.5) is 4.39 Å². The quantitative estimate of drug-likeness (QED) is 0.435. The topological polar surface area (TPSA) is 71.4 Å². The first-order valence-corrected chi connectivity index (χ1v) is 11.2. The van der Waals surface area contributed by atoms with Gasteiger partial charge in [-0.05, 0) is 66.8 Å². The molecule has 3 heterocycles. The average molecular weight is 448 g/mol. The van der Waals surface area contributed by atoms with Gasteiger partial charge in [0, 0.05) is 48.6 Å². The average Bonchev–Trinajstić information content (AvgIpc) is 3.50. The molecule has 0 unspecified atom stereocenters. The number of carbonyl (C=O) groups is 1. The zero-order valence-electron chi connectivity index (χ0n) is 18.5. The molecule has 1 amide bonds. The number of ether oxygens (including phenoxy) is 1. The van der Waals surface area contributed by atoms with Crippen LogP contribution in [0.25, 0.3) is 22.2 Å². The number of oxazole rings is 1. The number of H-pyrrole nitrogens is 1. The van der Waals surface area contributed by atoms with Crippen LogP contribution in [0.5, 0.6) is 5.75 Å². The zero-order chi connectivity index (χ0) is 22.8. The number of likely N-dealkylation sites (tertiary alicyclic amines) is 1. The molecule has 0 atom stereocenters. The number of rotatable bonds is 6. The van der Waals surface area contributed by atoms with Crippen molar-refractivity contribution in [2.24, 2.45) is 0 Å². The van der Waals surface area contributed by atoms with Crippen LogP contribution in [0.2, 0.25) is 0 Å². The first kappa shape index (κ1) is 21.2. The molecule has 5 rings (SSSR count). The highest BCUT2D eigenvalue weighted by atomic mass is 19.1. The lowest BCUT2D eigenvalue weighted by molar-refractivity contribution is -0.132. The molecule has 1 aliphatic rings. The minimum absolute atomic E-state index is 0.121. The SMILES string of the molecule is COc1ccc2[nH]cc(C3CCN(C(=O)CCc4ncc(-c5ccc(F)cc5)o4)CC3)c2c1. The van der Waals surface area contributed by atoms with Gasteiger partial charge >= 0.3 is 0 Å². The van der Waals surface area contributed by atoms with E-state index in [4.69, 9.17) is 9.15 Å². The Hall–Kier alpha value is -3.61. The van der Waals surface area contributed by atoms with E-state index in [2.05, 4.69) is 22.2 Å². The Balaban J connectivity index is 1.16. The van der Waals surface area contributed by atoms with E-state index >= 15 is 0 Å². The van der Waals surface area contributed by atoms with E-state index < -0.39 is 0 Å². The van der Waals surface area contributed by atoms with Crippen LogP contribution in [-0.2, 0) is 11.2 Å². The van der Waals surface area contributed by atoms with Gasteiger partial charge in [-0.25, -0.2) is 9.37 Å². The number of nitrogens with zero attached hydrogens (tertiary/aromatic N) is 2. The van der Waals surface area contributed by atoms with Gasteiger partial charge in [-0.15, -0.1) is 0 Å². The van der Waals surface area contributed by atoms with Crippen molar-refractivity contribution in [2.45, 2.75) is 31.6 Å². The first-order valence-electron chi connectivity index (χ1n) is 11.2. The highest BCUT2D eigenvalue weighted by Crippen LogP contribution is 2.35. The minimum Gasteiger partial charge on any atom is -0.497 e. The van der Waals surface area contributed by atoms with Crippen molar-refractivity contribution in [3.8, 4) is 17.1 Å². The number of amides is 1. The molecule has 0 radical (unpaired) electrons. The van der Waals surface area contributed by atoms with Gasteiger partial charge in [0.15, 0.2) is 11.7 Å². The summed E-state index contributed by atoms with van der Waals surface area (Å²) in [5.74, 6) is 2.19. The summed E-state index contributed by atoms with van der Waals surface area (Å²) in [5.41, 5.74) is 3.16. The Morgan fingerprint density at radius 1 is 1.21 bits per heavy atom. The maximum Gasteiger partial charge on any atom is 0.223 e. The summed E-state index contributed by atoms with van der Waals surface area (Å²) in [4.78, 5) is 22.3. The molecule has 33 heavy (non-hydrogen) atoms. The lowest BCUT2D eigenvalue weighted by atomic mass is 9.89. The van der Waals surface area contributed by atoms with Gasteiger partial charge in [0.25, 0.3) is 0 Å². The van der Waals surface area contributed by atoms with Crippen LogP contribution >= 0.6 is 0 Å². The fraction of sp³-hybridized carbons (Fsp3) is 0.308. The van der Waals surface area contributed by atoms with Gasteiger partial charge in [0.2, 0.25) is 5.91 Å². The van der Waals surface area contributed by atoms with Crippen molar-refractivity contribution in [1.29, 1.82) is 0 Å². The maximum absolute atomic E-state index is 13.1. The van der Waals surface area contributed by atoms with Crippen LogP contribution < -0.4 is 4.74 Å². The molecule has 1 aliphatic heterocycles. The summed E-state index contributed by atoms with van der Waals surface area (Å²) >= 11 is 0. The Morgan fingerprint density at radius 2 is 2.00 bits per heavy atom. The molecule has 2 aromatic heterocycles. The summed E-state index contributed by atoms with van der Waals surface area (Å²) in [6.45, 7) is 1.49.